The number of carbonyl (C=O) groups excluding carboxylic acids is 1. The fourth-order valence-electron chi connectivity index (χ4n) is 3.15. The predicted octanol–water partition coefficient (Wildman–Crippen LogP) is 3.12. The van der Waals surface area contributed by atoms with Gasteiger partial charge in [-0.05, 0) is 47.9 Å². The second kappa shape index (κ2) is 9.74. The number of nitrogens with two attached hydrogens (primary N) is 1. The number of primary sulfonamides is 1. The molecule has 3 aromatic carbocycles. The average Bonchev–Trinajstić information content (AvgIpc) is 2.74. The van der Waals surface area contributed by atoms with Gasteiger partial charge in [0.25, 0.3) is 0 Å². The zero-order chi connectivity index (χ0) is 22.4. The Kier molecular flexibility index (Phi) is 7.06. The molecule has 8 heteroatoms. The van der Waals surface area contributed by atoms with Crippen LogP contribution in [0.4, 0.5) is 5.69 Å². The van der Waals surface area contributed by atoms with E-state index in [2.05, 4.69) is 10.6 Å². The van der Waals surface area contributed by atoms with Crippen LogP contribution in [0.3, 0.4) is 0 Å². The Bertz CT molecular complexity index is 1150. The molecule has 0 aliphatic heterocycles. The normalized spacial score (nSPS) is 12.2. The van der Waals surface area contributed by atoms with Gasteiger partial charge in [-0.1, -0.05) is 48.5 Å². The van der Waals surface area contributed by atoms with Crippen LogP contribution in [0.2, 0.25) is 0 Å². The average molecular weight is 440 g/mol. The first kappa shape index (κ1) is 22.5. The van der Waals surface area contributed by atoms with Gasteiger partial charge < -0.3 is 10.1 Å². The van der Waals surface area contributed by atoms with E-state index in [9.17, 15) is 13.2 Å². The number of aryl methyl sites for hydroxylation is 1. The molecule has 0 saturated carbocycles. The standard InChI is InChI=1S/C23H25N3O4S/c1-16-8-13-21(30-2)20(14-16)26-23(27)22(18-6-4-3-5-7-18)25-15-17-9-11-19(12-10-17)31(24,28)29/h3-14,22,25H,15H2,1-2H3,(H,26,27)(H2,24,28,29). The third-order valence-electron chi connectivity index (χ3n) is 4.77. The molecule has 3 aromatic rings. The molecule has 0 heterocycles. The fraction of sp³-hybridized carbons (Fsp3) is 0.174. The van der Waals surface area contributed by atoms with E-state index in [0.717, 1.165) is 16.7 Å². The minimum absolute atomic E-state index is 0.0418. The van der Waals surface area contributed by atoms with Crippen LogP contribution < -0.4 is 20.5 Å². The molecule has 1 unspecified atom stereocenters. The van der Waals surface area contributed by atoms with Crippen LogP contribution in [0.25, 0.3) is 0 Å². The number of rotatable bonds is 8. The van der Waals surface area contributed by atoms with E-state index in [1.165, 1.54) is 12.1 Å². The third-order valence-corrected chi connectivity index (χ3v) is 5.70. The number of nitrogens with one attached hydrogen (secondary N) is 2. The third kappa shape index (κ3) is 5.91. The molecule has 1 atom stereocenters. The molecule has 0 aliphatic carbocycles. The maximum absolute atomic E-state index is 13.2. The molecule has 4 N–H and O–H groups in total. The van der Waals surface area contributed by atoms with E-state index in [4.69, 9.17) is 9.88 Å². The lowest BCUT2D eigenvalue weighted by Crippen LogP contribution is -2.33. The molecule has 31 heavy (non-hydrogen) atoms. The minimum atomic E-state index is -3.75. The van der Waals surface area contributed by atoms with Crippen molar-refractivity contribution in [2.75, 3.05) is 12.4 Å². The first-order chi connectivity index (χ1) is 14.8. The number of hydrogen-bond donors (Lipinski definition) is 3. The molecule has 0 saturated heterocycles. The molecule has 0 spiro atoms. The van der Waals surface area contributed by atoms with Crippen LogP contribution in [0.1, 0.15) is 22.7 Å². The van der Waals surface area contributed by atoms with Crippen LogP contribution in [-0.4, -0.2) is 21.4 Å². The lowest BCUT2D eigenvalue weighted by atomic mass is 10.1. The van der Waals surface area contributed by atoms with Crippen molar-refractivity contribution >= 4 is 21.6 Å². The summed E-state index contributed by atoms with van der Waals surface area (Å²) < 4.78 is 28.2. The van der Waals surface area contributed by atoms with Gasteiger partial charge in [-0.25, -0.2) is 13.6 Å². The molecule has 0 radical (unpaired) electrons. The van der Waals surface area contributed by atoms with Gasteiger partial charge in [-0.3, -0.25) is 10.1 Å². The van der Waals surface area contributed by atoms with Gasteiger partial charge in [-0.15, -0.1) is 0 Å². The summed E-state index contributed by atoms with van der Waals surface area (Å²) in [4.78, 5) is 13.2. The summed E-state index contributed by atoms with van der Waals surface area (Å²) in [5, 5.41) is 11.3. The quantitative estimate of drug-likeness (QED) is 0.499. The number of hydrogen-bond acceptors (Lipinski definition) is 5. The van der Waals surface area contributed by atoms with Crippen molar-refractivity contribution < 1.29 is 17.9 Å². The summed E-state index contributed by atoms with van der Waals surface area (Å²) in [6, 6.07) is 20.5. The van der Waals surface area contributed by atoms with Crippen molar-refractivity contribution in [1.29, 1.82) is 0 Å². The Morgan fingerprint density at radius 2 is 1.71 bits per heavy atom. The summed E-state index contributed by atoms with van der Waals surface area (Å²) in [6.45, 7) is 2.29. The van der Waals surface area contributed by atoms with Crippen LogP contribution in [0, 0.1) is 6.92 Å². The molecular formula is C23H25N3O4S. The lowest BCUT2D eigenvalue weighted by molar-refractivity contribution is -0.118. The van der Waals surface area contributed by atoms with E-state index in [0.29, 0.717) is 18.0 Å². The summed E-state index contributed by atoms with van der Waals surface area (Å²) in [5.41, 5.74) is 3.20. The Hall–Kier alpha value is -3.20. The summed E-state index contributed by atoms with van der Waals surface area (Å²) >= 11 is 0. The zero-order valence-corrected chi connectivity index (χ0v) is 18.1. The van der Waals surface area contributed by atoms with Gasteiger partial charge in [0.15, 0.2) is 0 Å². The lowest BCUT2D eigenvalue weighted by Gasteiger charge is -2.20. The fourth-order valence-corrected chi connectivity index (χ4v) is 3.66. The minimum Gasteiger partial charge on any atom is -0.495 e. The highest BCUT2D eigenvalue weighted by molar-refractivity contribution is 7.89. The second-order valence-electron chi connectivity index (χ2n) is 7.11. The number of anilines is 1. The van der Waals surface area contributed by atoms with Gasteiger partial charge >= 0.3 is 0 Å². The maximum atomic E-state index is 13.2. The van der Waals surface area contributed by atoms with Crippen molar-refractivity contribution in [3.63, 3.8) is 0 Å². The molecule has 3 rings (SSSR count). The van der Waals surface area contributed by atoms with Gasteiger partial charge in [0.05, 0.1) is 17.7 Å². The number of sulfonamides is 1. The Morgan fingerprint density at radius 1 is 1.03 bits per heavy atom. The van der Waals surface area contributed by atoms with Crippen LogP contribution in [0.15, 0.2) is 77.7 Å². The predicted molar refractivity (Wildman–Crippen MR) is 120 cm³/mol. The number of methoxy groups -OCH3 is 1. The van der Waals surface area contributed by atoms with Crippen LogP contribution >= 0.6 is 0 Å². The second-order valence-corrected chi connectivity index (χ2v) is 8.67. The Morgan fingerprint density at radius 3 is 2.32 bits per heavy atom. The van der Waals surface area contributed by atoms with Crippen LogP contribution in [0.5, 0.6) is 5.75 Å². The van der Waals surface area contributed by atoms with Crippen molar-refractivity contribution in [3.05, 3.63) is 89.5 Å². The number of ether oxygens (including phenoxy) is 1. The number of benzene rings is 3. The molecule has 162 valence electrons. The largest absolute Gasteiger partial charge is 0.495 e. The highest BCUT2D eigenvalue weighted by Crippen LogP contribution is 2.27. The van der Waals surface area contributed by atoms with Gasteiger partial charge in [0, 0.05) is 6.54 Å². The van der Waals surface area contributed by atoms with E-state index < -0.39 is 16.1 Å². The molecule has 0 fully saturated rings. The highest BCUT2D eigenvalue weighted by atomic mass is 32.2. The van der Waals surface area contributed by atoms with Crippen molar-refractivity contribution in [2.45, 2.75) is 24.4 Å². The number of carbonyl (C=O) groups is 1. The SMILES string of the molecule is COc1ccc(C)cc1NC(=O)C(NCc1ccc(S(N)(=O)=O)cc1)c1ccccc1. The molecule has 1 amide bonds. The highest BCUT2D eigenvalue weighted by Gasteiger charge is 2.21. The van der Waals surface area contributed by atoms with Crippen molar-refractivity contribution in [3.8, 4) is 5.75 Å². The van der Waals surface area contributed by atoms with Gasteiger partial charge in [0.1, 0.15) is 11.8 Å². The summed E-state index contributed by atoms with van der Waals surface area (Å²) in [5.74, 6) is 0.334. The Labute approximate surface area is 182 Å². The zero-order valence-electron chi connectivity index (χ0n) is 17.3. The van der Waals surface area contributed by atoms with E-state index in [-0.39, 0.29) is 10.8 Å². The van der Waals surface area contributed by atoms with Gasteiger partial charge in [0.2, 0.25) is 15.9 Å². The topological polar surface area (TPSA) is 111 Å². The Balaban J connectivity index is 1.81. The molecule has 0 bridgehead atoms. The monoisotopic (exact) mass is 439 g/mol. The summed E-state index contributed by atoms with van der Waals surface area (Å²) in [7, 11) is -2.19. The van der Waals surface area contributed by atoms with Crippen LogP contribution in [-0.2, 0) is 21.4 Å². The smallest absolute Gasteiger partial charge is 0.246 e. The first-order valence-corrected chi connectivity index (χ1v) is 11.2. The van der Waals surface area contributed by atoms with Crippen molar-refractivity contribution in [2.24, 2.45) is 5.14 Å². The van der Waals surface area contributed by atoms with Crippen molar-refractivity contribution in [1.82, 2.24) is 5.32 Å². The molecule has 0 aromatic heterocycles. The maximum Gasteiger partial charge on any atom is 0.246 e. The van der Waals surface area contributed by atoms with E-state index in [1.807, 2.05) is 55.5 Å². The first-order valence-electron chi connectivity index (χ1n) is 9.63. The molecule has 0 aliphatic rings. The number of amides is 1. The molecule has 7 nitrogen and oxygen atoms in total. The van der Waals surface area contributed by atoms with E-state index >= 15 is 0 Å². The van der Waals surface area contributed by atoms with E-state index in [1.54, 1.807) is 19.2 Å². The van der Waals surface area contributed by atoms with Gasteiger partial charge in [-0.2, -0.15) is 0 Å². The summed E-state index contributed by atoms with van der Waals surface area (Å²) in [6.07, 6.45) is 0. The molecular weight excluding hydrogens is 414 g/mol.